The van der Waals surface area contributed by atoms with Gasteiger partial charge in [0, 0.05) is 23.4 Å². The summed E-state index contributed by atoms with van der Waals surface area (Å²) in [5.41, 5.74) is 3.46. The van der Waals surface area contributed by atoms with Gasteiger partial charge in [0.25, 0.3) is 0 Å². The summed E-state index contributed by atoms with van der Waals surface area (Å²) in [5, 5.41) is 0. The number of ketones is 1. The molecule has 0 amide bonds. The molecule has 1 saturated carbocycles. The van der Waals surface area contributed by atoms with Crippen molar-refractivity contribution in [1.29, 1.82) is 0 Å². The first-order valence-electron chi connectivity index (χ1n) is 8.39. The van der Waals surface area contributed by atoms with Crippen LogP contribution in [-0.2, 0) is 16.6 Å². The monoisotopic (exact) mass is 283 g/mol. The summed E-state index contributed by atoms with van der Waals surface area (Å²) in [6, 6.07) is 10.1. The first-order valence-corrected chi connectivity index (χ1v) is 8.39. The van der Waals surface area contributed by atoms with Crippen LogP contribution in [0.15, 0.2) is 24.3 Å². The molecule has 3 fully saturated rings. The molecule has 2 heterocycles. The highest BCUT2D eigenvalue weighted by Gasteiger charge is 2.60. The molecule has 2 nitrogen and oxygen atoms in total. The standard InChI is InChI=1S/C19H25NO/c1-4-19-11-18-14(12(2)21)10-16(19)17(20(18)3)9-13-7-5-6-8-15(13)19/h5-8,14,16-18H,4,9-11H2,1-3H3/t14-,16?,17?,18?,19-/m1/s1. The fourth-order valence-electron chi connectivity index (χ4n) is 5.85. The molecule has 0 spiro atoms. The summed E-state index contributed by atoms with van der Waals surface area (Å²) >= 11 is 0. The minimum atomic E-state index is 0.265. The Kier molecular flexibility index (Phi) is 2.85. The summed E-state index contributed by atoms with van der Waals surface area (Å²) in [5.74, 6) is 1.32. The molecule has 112 valence electrons. The zero-order chi connectivity index (χ0) is 14.8. The van der Waals surface area contributed by atoms with Gasteiger partial charge in [-0.2, -0.15) is 0 Å². The molecular weight excluding hydrogens is 258 g/mol. The number of carbonyl (C=O) groups is 1. The number of nitrogens with zero attached hydrogens (tertiary/aromatic N) is 1. The van der Waals surface area contributed by atoms with Gasteiger partial charge in [0.15, 0.2) is 0 Å². The predicted octanol–water partition coefficient (Wildman–Crippen LogP) is 3.19. The molecule has 3 unspecified atom stereocenters. The lowest BCUT2D eigenvalue weighted by molar-refractivity contribution is -0.139. The van der Waals surface area contributed by atoms with E-state index in [9.17, 15) is 4.79 Å². The van der Waals surface area contributed by atoms with Crippen LogP contribution in [-0.4, -0.2) is 29.8 Å². The van der Waals surface area contributed by atoms with Crippen molar-refractivity contribution in [2.24, 2.45) is 11.8 Å². The fourth-order valence-corrected chi connectivity index (χ4v) is 5.85. The fraction of sp³-hybridized carbons (Fsp3) is 0.632. The Balaban J connectivity index is 1.86. The molecule has 2 saturated heterocycles. The predicted molar refractivity (Wildman–Crippen MR) is 84.3 cm³/mol. The summed E-state index contributed by atoms with van der Waals surface area (Å²) < 4.78 is 0. The second kappa shape index (κ2) is 4.42. The zero-order valence-electron chi connectivity index (χ0n) is 13.3. The molecule has 1 aromatic carbocycles. The molecule has 2 aliphatic carbocycles. The molecule has 5 atom stereocenters. The van der Waals surface area contributed by atoms with Gasteiger partial charge in [0.2, 0.25) is 0 Å². The highest BCUT2D eigenvalue weighted by Crippen LogP contribution is 2.59. The van der Waals surface area contributed by atoms with Gasteiger partial charge in [-0.15, -0.1) is 0 Å². The van der Waals surface area contributed by atoms with E-state index in [-0.39, 0.29) is 5.92 Å². The van der Waals surface area contributed by atoms with Gasteiger partial charge in [-0.3, -0.25) is 9.69 Å². The van der Waals surface area contributed by atoms with Crippen LogP contribution in [0, 0.1) is 11.8 Å². The molecule has 0 N–H and O–H groups in total. The number of hydrogen-bond acceptors (Lipinski definition) is 2. The number of likely N-dealkylation sites (N-methyl/N-ethyl adjacent to an activating group) is 1. The number of carbonyl (C=O) groups excluding carboxylic acids is 1. The number of fused-ring (bicyclic) bond motifs is 2. The van der Waals surface area contributed by atoms with Crippen molar-refractivity contribution < 1.29 is 4.79 Å². The van der Waals surface area contributed by atoms with Crippen LogP contribution in [0.25, 0.3) is 0 Å². The van der Waals surface area contributed by atoms with Crippen LogP contribution in [0.3, 0.4) is 0 Å². The quantitative estimate of drug-likeness (QED) is 0.831. The molecule has 2 aliphatic heterocycles. The average Bonchev–Trinajstić information content (AvgIpc) is 2.50. The number of piperidine rings is 2. The maximum atomic E-state index is 12.1. The number of rotatable bonds is 2. The minimum absolute atomic E-state index is 0.265. The van der Waals surface area contributed by atoms with Crippen LogP contribution < -0.4 is 0 Å². The van der Waals surface area contributed by atoms with Crippen molar-refractivity contribution in [3.8, 4) is 0 Å². The van der Waals surface area contributed by atoms with E-state index in [1.807, 2.05) is 0 Å². The van der Waals surface area contributed by atoms with Crippen LogP contribution in [0.2, 0.25) is 0 Å². The second-order valence-corrected chi connectivity index (χ2v) is 7.43. The minimum Gasteiger partial charge on any atom is -0.300 e. The summed E-state index contributed by atoms with van der Waals surface area (Å²) in [7, 11) is 2.25. The summed E-state index contributed by atoms with van der Waals surface area (Å²) in [6.07, 6.45) is 4.65. The Labute approximate surface area is 127 Å². The molecule has 21 heavy (non-hydrogen) atoms. The Hall–Kier alpha value is -1.15. The third-order valence-corrected chi connectivity index (χ3v) is 6.90. The number of hydrogen-bond donors (Lipinski definition) is 0. The van der Waals surface area contributed by atoms with E-state index in [4.69, 9.17) is 0 Å². The molecule has 5 rings (SSSR count). The van der Waals surface area contributed by atoms with Crippen LogP contribution in [0.4, 0.5) is 0 Å². The van der Waals surface area contributed by atoms with E-state index in [2.05, 4.69) is 43.1 Å². The third-order valence-electron chi connectivity index (χ3n) is 6.90. The molecule has 4 bridgehead atoms. The molecule has 2 heteroatoms. The Bertz CT molecular complexity index is 595. The first kappa shape index (κ1) is 13.5. The number of benzene rings is 1. The smallest absolute Gasteiger partial charge is 0.134 e. The molecule has 1 aromatic rings. The van der Waals surface area contributed by atoms with E-state index in [0.29, 0.717) is 29.2 Å². The van der Waals surface area contributed by atoms with E-state index in [1.54, 1.807) is 18.1 Å². The SMILES string of the molecule is CC[C@]12CC3[C@@H](C(C)=O)CC1C(Cc1ccccc12)N3C. The molecule has 0 radical (unpaired) electrons. The van der Waals surface area contributed by atoms with Gasteiger partial charge in [-0.1, -0.05) is 31.2 Å². The Morgan fingerprint density at radius 1 is 1.33 bits per heavy atom. The molecule has 0 aromatic heterocycles. The van der Waals surface area contributed by atoms with Gasteiger partial charge in [-0.25, -0.2) is 0 Å². The maximum absolute atomic E-state index is 12.1. The van der Waals surface area contributed by atoms with Gasteiger partial charge in [0.05, 0.1) is 0 Å². The third kappa shape index (κ3) is 1.60. The van der Waals surface area contributed by atoms with E-state index < -0.39 is 0 Å². The van der Waals surface area contributed by atoms with Crippen LogP contribution in [0.1, 0.15) is 44.2 Å². The normalized spacial score (nSPS) is 40.9. The summed E-state index contributed by atoms with van der Waals surface area (Å²) in [6.45, 7) is 4.14. The Morgan fingerprint density at radius 2 is 2.10 bits per heavy atom. The lowest BCUT2D eigenvalue weighted by Gasteiger charge is -2.65. The van der Waals surface area contributed by atoms with Crippen molar-refractivity contribution in [2.75, 3.05) is 7.05 Å². The van der Waals surface area contributed by atoms with Gasteiger partial charge in [0.1, 0.15) is 5.78 Å². The highest BCUT2D eigenvalue weighted by atomic mass is 16.1. The number of Topliss-reactive ketones (excluding diaryl/α,β-unsaturated/α-hetero) is 1. The highest BCUT2D eigenvalue weighted by molar-refractivity contribution is 5.79. The largest absolute Gasteiger partial charge is 0.300 e. The van der Waals surface area contributed by atoms with Crippen molar-refractivity contribution in [1.82, 2.24) is 4.90 Å². The van der Waals surface area contributed by atoms with Gasteiger partial charge in [-0.05, 0) is 56.7 Å². The topological polar surface area (TPSA) is 20.3 Å². The molecule has 4 aliphatic rings. The van der Waals surface area contributed by atoms with E-state index >= 15 is 0 Å². The zero-order valence-corrected chi connectivity index (χ0v) is 13.3. The molecular formula is C19H25NO. The lowest BCUT2D eigenvalue weighted by Crippen LogP contribution is -2.69. The maximum Gasteiger partial charge on any atom is 0.134 e. The van der Waals surface area contributed by atoms with Crippen molar-refractivity contribution in [3.05, 3.63) is 35.4 Å². The lowest BCUT2D eigenvalue weighted by atomic mass is 9.48. The van der Waals surface area contributed by atoms with E-state index in [1.165, 1.54) is 19.3 Å². The second-order valence-electron chi connectivity index (χ2n) is 7.43. The van der Waals surface area contributed by atoms with Crippen molar-refractivity contribution in [2.45, 2.75) is 57.0 Å². The summed E-state index contributed by atoms with van der Waals surface area (Å²) in [4.78, 5) is 14.6. The van der Waals surface area contributed by atoms with Gasteiger partial charge >= 0.3 is 0 Å². The average molecular weight is 283 g/mol. The van der Waals surface area contributed by atoms with E-state index in [0.717, 1.165) is 6.42 Å². The van der Waals surface area contributed by atoms with Crippen LogP contribution in [0.5, 0.6) is 0 Å². The van der Waals surface area contributed by atoms with Crippen molar-refractivity contribution in [3.63, 3.8) is 0 Å². The first-order chi connectivity index (χ1) is 10.1. The van der Waals surface area contributed by atoms with Crippen LogP contribution >= 0.6 is 0 Å². The van der Waals surface area contributed by atoms with Gasteiger partial charge < -0.3 is 0 Å². The Morgan fingerprint density at radius 3 is 2.81 bits per heavy atom. The van der Waals surface area contributed by atoms with Crippen molar-refractivity contribution >= 4 is 5.78 Å².